The smallest absolute Gasteiger partial charge is 0.171 e. The zero-order chi connectivity index (χ0) is 18.7. The lowest BCUT2D eigenvalue weighted by molar-refractivity contribution is -0.312. The van der Waals surface area contributed by atoms with E-state index in [0.717, 1.165) is 5.56 Å². The number of ether oxygens (including phenoxy) is 2. The molecule has 0 amide bonds. The van der Waals surface area contributed by atoms with Gasteiger partial charge in [-0.2, -0.15) is 0 Å². The number of aliphatic carboxylic acids is 1. The fraction of sp³-hybridized carbons (Fsp3) is 0.353. The Labute approximate surface area is 151 Å². The highest BCUT2D eigenvalue weighted by molar-refractivity contribution is 7.80. The molecule has 0 aromatic heterocycles. The SMILES string of the molecule is C=C1NC(=S)N[C@@H](c2ccc(O[C@H](C)C(=O)[O-])c(OC)c2)[C@H]1C(C)=O. The van der Waals surface area contributed by atoms with Crippen molar-refractivity contribution in [1.29, 1.82) is 0 Å². The second kappa shape index (κ2) is 7.52. The van der Waals surface area contributed by atoms with Crippen molar-refractivity contribution in [3.05, 3.63) is 36.0 Å². The Bertz CT molecular complexity index is 734. The number of benzene rings is 1. The number of rotatable bonds is 6. The molecular formula is C17H19N2O5S-. The van der Waals surface area contributed by atoms with Gasteiger partial charge in [0.25, 0.3) is 0 Å². The summed E-state index contributed by atoms with van der Waals surface area (Å²) in [7, 11) is 1.44. The van der Waals surface area contributed by atoms with Crippen molar-refractivity contribution in [2.24, 2.45) is 5.92 Å². The predicted octanol–water partition coefficient (Wildman–Crippen LogP) is 0.450. The van der Waals surface area contributed by atoms with Crippen LogP contribution in [0.25, 0.3) is 0 Å². The lowest BCUT2D eigenvalue weighted by Gasteiger charge is -2.35. The predicted molar refractivity (Wildman–Crippen MR) is 93.0 cm³/mol. The minimum atomic E-state index is -1.33. The average molecular weight is 363 g/mol. The third-order valence-electron chi connectivity index (χ3n) is 3.89. The highest BCUT2D eigenvalue weighted by Gasteiger charge is 2.34. The normalized spacial score (nSPS) is 20.9. The Morgan fingerprint density at radius 1 is 1.36 bits per heavy atom. The van der Waals surface area contributed by atoms with Crippen LogP contribution in [0, 0.1) is 5.92 Å². The van der Waals surface area contributed by atoms with Gasteiger partial charge in [0, 0.05) is 5.70 Å². The molecule has 0 bridgehead atoms. The maximum Gasteiger partial charge on any atom is 0.171 e. The minimum Gasteiger partial charge on any atom is -0.546 e. The highest BCUT2D eigenvalue weighted by atomic mass is 32.1. The van der Waals surface area contributed by atoms with Crippen molar-refractivity contribution in [2.75, 3.05) is 7.11 Å². The monoisotopic (exact) mass is 363 g/mol. The standard InChI is InChI=1S/C17H20N2O5S/c1-8-14(9(2)20)15(19-17(25)18-8)11-5-6-12(13(7-11)23-4)24-10(3)16(21)22/h5-7,10,14-15H,1H2,2-4H3,(H,21,22)(H2,18,19,25)/p-1/t10-,14-,15+/m1/s1. The second-order valence-electron chi connectivity index (χ2n) is 5.68. The van der Waals surface area contributed by atoms with Crippen LogP contribution in [0.5, 0.6) is 11.5 Å². The molecule has 0 spiro atoms. The molecule has 1 aliphatic rings. The molecule has 1 aromatic rings. The minimum absolute atomic E-state index is 0.0673. The Morgan fingerprint density at radius 2 is 2.04 bits per heavy atom. The quantitative estimate of drug-likeness (QED) is 0.703. The molecule has 1 fully saturated rings. The van der Waals surface area contributed by atoms with Crippen molar-refractivity contribution in [2.45, 2.75) is 26.0 Å². The van der Waals surface area contributed by atoms with Gasteiger partial charge in [0.2, 0.25) is 0 Å². The van der Waals surface area contributed by atoms with Gasteiger partial charge in [-0.15, -0.1) is 0 Å². The molecule has 0 saturated carbocycles. The summed E-state index contributed by atoms with van der Waals surface area (Å²) in [6.07, 6.45) is -1.13. The summed E-state index contributed by atoms with van der Waals surface area (Å²) in [5, 5.41) is 17.2. The lowest BCUT2D eigenvalue weighted by atomic mass is 9.86. The van der Waals surface area contributed by atoms with Gasteiger partial charge in [0.15, 0.2) is 16.6 Å². The first-order valence-corrected chi connectivity index (χ1v) is 7.97. The number of carboxylic acid groups (broad SMARTS) is 1. The van der Waals surface area contributed by atoms with Crippen molar-refractivity contribution >= 4 is 29.1 Å². The summed E-state index contributed by atoms with van der Waals surface area (Å²) in [5.41, 5.74) is 1.25. The van der Waals surface area contributed by atoms with Gasteiger partial charge >= 0.3 is 0 Å². The number of hydrogen-bond donors (Lipinski definition) is 2. The molecule has 0 aliphatic carbocycles. The fourth-order valence-corrected chi connectivity index (χ4v) is 2.91. The van der Waals surface area contributed by atoms with Crippen LogP contribution in [-0.2, 0) is 9.59 Å². The topological polar surface area (TPSA) is 99.7 Å². The van der Waals surface area contributed by atoms with Crippen molar-refractivity contribution in [3.63, 3.8) is 0 Å². The van der Waals surface area contributed by atoms with Gasteiger partial charge in [0.05, 0.1) is 25.0 Å². The van der Waals surface area contributed by atoms with Crippen LogP contribution in [0.4, 0.5) is 0 Å². The molecule has 2 rings (SSSR count). The number of carbonyl (C=O) groups excluding carboxylic acids is 2. The van der Waals surface area contributed by atoms with Gasteiger partial charge in [-0.05, 0) is 43.8 Å². The molecule has 134 valence electrons. The first-order valence-electron chi connectivity index (χ1n) is 7.56. The molecule has 25 heavy (non-hydrogen) atoms. The van der Waals surface area contributed by atoms with Gasteiger partial charge in [0.1, 0.15) is 11.9 Å². The van der Waals surface area contributed by atoms with Crippen LogP contribution in [0.2, 0.25) is 0 Å². The molecule has 7 nitrogen and oxygen atoms in total. The number of Topliss-reactive ketones (excluding diaryl/α,β-unsaturated/α-hetero) is 1. The van der Waals surface area contributed by atoms with E-state index in [2.05, 4.69) is 17.2 Å². The summed E-state index contributed by atoms with van der Waals surface area (Å²) in [4.78, 5) is 22.9. The van der Waals surface area contributed by atoms with Crippen LogP contribution in [0.15, 0.2) is 30.5 Å². The van der Waals surface area contributed by atoms with E-state index in [-0.39, 0.29) is 11.5 Å². The number of methoxy groups -OCH3 is 1. The van der Waals surface area contributed by atoms with E-state index < -0.39 is 24.0 Å². The summed E-state index contributed by atoms with van der Waals surface area (Å²) in [5.74, 6) is -1.31. The molecule has 1 aromatic carbocycles. The molecule has 1 aliphatic heterocycles. The van der Waals surface area contributed by atoms with Crippen LogP contribution >= 0.6 is 12.2 Å². The van der Waals surface area contributed by atoms with E-state index in [1.807, 2.05) is 0 Å². The maximum atomic E-state index is 12.0. The number of hydrogen-bond acceptors (Lipinski definition) is 6. The van der Waals surface area contributed by atoms with Crippen molar-refractivity contribution in [3.8, 4) is 11.5 Å². The zero-order valence-corrected chi connectivity index (χ0v) is 14.9. The van der Waals surface area contributed by atoms with E-state index in [4.69, 9.17) is 21.7 Å². The van der Waals surface area contributed by atoms with E-state index in [1.165, 1.54) is 21.0 Å². The van der Waals surface area contributed by atoms with Crippen LogP contribution < -0.4 is 25.2 Å². The molecule has 1 heterocycles. The van der Waals surface area contributed by atoms with E-state index in [9.17, 15) is 14.7 Å². The first-order chi connectivity index (χ1) is 11.7. The number of carboxylic acids is 1. The average Bonchev–Trinajstić information content (AvgIpc) is 2.53. The first kappa shape index (κ1) is 18.7. The third kappa shape index (κ3) is 4.08. The fourth-order valence-electron chi connectivity index (χ4n) is 2.65. The number of carbonyl (C=O) groups is 2. The zero-order valence-electron chi connectivity index (χ0n) is 14.1. The largest absolute Gasteiger partial charge is 0.546 e. The summed E-state index contributed by atoms with van der Waals surface area (Å²) in [6.45, 7) is 6.72. The Morgan fingerprint density at radius 3 is 2.60 bits per heavy atom. The number of ketones is 1. The molecule has 0 radical (unpaired) electrons. The molecule has 1 saturated heterocycles. The lowest BCUT2D eigenvalue weighted by Crippen LogP contribution is -2.50. The third-order valence-corrected chi connectivity index (χ3v) is 4.11. The second-order valence-corrected chi connectivity index (χ2v) is 6.09. The molecule has 3 atom stereocenters. The molecule has 2 N–H and O–H groups in total. The van der Waals surface area contributed by atoms with Crippen LogP contribution in [0.3, 0.4) is 0 Å². The van der Waals surface area contributed by atoms with E-state index >= 15 is 0 Å². The van der Waals surface area contributed by atoms with Gasteiger partial charge < -0.3 is 30.0 Å². The molecule has 0 unspecified atom stereocenters. The van der Waals surface area contributed by atoms with Gasteiger partial charge in [-0.3, -0.25) is 4.79 Å². The Balaban J connectivity index is 2.37. The Kier molecular flexibility index (Phi) is 5.63. The van der Waals surface area contributed by atoms with Gasteiger partial charge in [-0.1, -0.05) is 12.6 Å². The van der Waals surface area contributed by atoms with Crippen molar-refractivity contribution in [1.82, 2.24) is 10.6 Å². The highest BCUT2D eigenvalue weighted by Crippen LogP contribution is 2.36. The Hall–Kier alpha value is -2.61. The van der Waals surface area contributed by atoms with Gasteiger partial charge in [-0.25, -0.2) is 0 Å². The summed E-state index contributed by atoms with van der Waals surface area (Å²) < 4.78 is 10.6. The van der Waals surface area contributed by atoms with Crippen LogP contribution in [-0.4, -0.2) is 30.1 Å². The number of thiocarbonyl (C=S) groups is 1. The van der Waals surface area contributed by atoms with Crippen LogP contribution in [0.1, 0.15) is 25.5 Å². The number of nitrogens with one attached hydrogen (secondary N) is 2. The summed E-state index contributed by atoms with van der Waals surface area (Å²) >= 11 is 5.15. The molecule has 8 heteroatoms. The maximum absolute atomic E-state index is 12.0. The van der Waals surface area contributed by atoms with E-state index in [1.54, 1.807) is 18.2 Å². The summed E-state index contributed by atoms with van der Waals surface area (Å²) in [6, 6.07) is 4.56. The molecular weight excluding hydrogens is 344 g/mol. The van der Waals surface area contributed by atoms with E-state index in [0.29, 0.717) is 16.6 Å². The van der Waals surface area contributed by atoms with Crippen molar-refractivity contribution < 1.29 is 24.2 Å².